The van der Waals surface area contributed by atoms with Gasteiger partial charge in [0.1, 0.15) is 5.92 Å². The lowest BCUT2D eigenvalue weighted by molar-refractivity contribution is -0.150. The summed E-state index contributed by atoms with van der Waals surface area (Å²) in [7, 11) is 0. The lowest BCUT2D eigenvalue weighted by atomic mass is 9.84. The topological polar surface area (TPSA) is 43.4 Å². The standard InChI is InChI=1S/C17H20O3/c1-4-20-17(19)15-8-6-13(10-16(15)18)14-7-5-11(2)9-12(14)3/h5,7,9-10,15H,4,6,8H2,1-3H3. The van der Waals surface area contributed by atoms with E-state index in [0.29, 0.717) is 13.0 Å². The maximum absolute atomic E-state index is 12.1. The average Bonchev–Trinajstić information content (AvgIpc) is 2.38. The minimum absolute atomic E-state index is 0.135. The van der Waals surface area contributed by atoms with E-state index in [0.717, 1.165) is 17.6 Å². The van der Waals surface area contributed by atoms with E-state index >= 15 is 0 Å². The Morgan fingerprint density at radius 3 is 2.70 bits per heavy atom. The van der Waals surface area contributed by atoms with Crippen molar-refractivity contribution in [2.45, 2.75) is 33.6 Å². The fourth-order valence-corrected chi connectivity index (χ4v) is 2.65. The summed E-state index contributed by atoms with van der Waals surface area (Å²) in [6.45, 7) is 6.16. The Balaban J connectivity index is 2.22. The fourth-order valence-electron chi connectivity index (χ4n) is 2.65. The van der Waals surface area contributed by atoms with Crippen molar-refractivity contribution < 1.29 is 14.3 Å². The van der Waals surface area contributed by atoms with Crippen LogP contribution in [0.3, 0.4) is 0 Å². The smallest absolute Gasteiger partial charge is 0.316 e. The third-order valence-electron chi connectivity index (χ3n) is 3.66. The van der Waals surface area contributed by atoms with Gasteiger partial charge in [0.25, 0.3) is 0 Å². The Hall–Kier alpha value is -1.90. The molecule has 0 bridgehead atoms. The Kier molecular flexibility index (Phi) is 4.38. The van der Waals surface area contributed by atoms with Crippen molar-refractivity contribution in [3.05, 3.63) is 41.0 Å². The SMILES string of the molecule is CCOC(=O)C1CCC(c2ccc(C)cc2C)=CC1=O. The first-order valence-electron chi connectivity index (χ1n) is 7.01. The van der Waals surface area contributed by atoms with Gasteiger partial charge >= 0.3 is 5.97 Å². The summed E-state index contributed by atoms with van der Waals surface area (Å²) in [5, 5.41) is 0. The number of ketones is 1. The van der Waals surface area contributed by atoms with Crippen LogP contribution in [0.5, 0.6) is 0 Å². The van der Waals surface area contributed by atoms with Crippen LogP contribution in [0.1, 0.15) is 36.5 Å². The van der Waals surface area contributed by atoms with Crippen molar-refractivity contribution in [1.29, 1.82) is 0 Å². The average molecular weight is 272 g/mol. The fraction of sp³-hybridized carbons (Fsp3) is 0.412. The molecule has 1 aliphatic carbocycles. The Morgan fingerprint density at radius 1 is 1.35 bits per heavy atom. The van der Waals surface area contributed by atoms with Gasteiger partial charge in [-0.2, -0.15) is 0 Å². The van der Waals surface area contributed by atoms with E-state index in [-0.39, 0.29) is 5.78 Å². The van der Waals surface area contributed by atoms with Gasteiger partial charge in [-0.25, -0.2) is 0 Å². The van der Waals surface area contributed by atoms with E-state index in [1.807, 2.05) is 19.9 Å². The highest BCUT2D eigenvalue weighted by Gasteiger charge is 2.30. The van der Waals surface area contributed by atoms with Gasteiger partial charge in [-0.3, -0.25) is 9.59 Å². The predicted molar refractivity (Wildman–Crippen MR) is 78.3 cm³/mol. The second-order valence-electron chi connectivity index (χ2n) is 5.23. The van der Waals surface area contributed by atoms with Gasteiger partial charge in [0, 0.05) is 0 Å². The molecule has 1 aliphatic rings. The highest BCUT2D eigenvalue weighted by atomic mass is 16.5. The van der Waals surface area contributed by atoms with Gasteiger partial charge in [0.05, 0.1) is 6.61 Å². The molecule has 2 rings (SSSR count). The maximum Gasteiger partial charge on any atom is 0.316 e. The number of hydrogen-bond acceptors (Lipinski definition) is 3. The molecule has 0 radical (unpaired) electrons. The maximum atomic E-state index is 12.1. The van der Waals surface area contributed by atoms with Crippen molar-refractivity contribution in [2.24, 2.45) is 5.92 Å². The van der Waals surface area contributed by atoms with E-state index in [4.69, 9.17) is 4.74 Å². The summed E-state index contributed by atoms with van der Waals surface area (Å²) < 4.78 is 4.94. The second kappa shape index (κ2) is 6.04. The van der Waals surface area contributed by atoms with Crippen molar-refractivity contribution in [3.63, 3.8) is 0 Å². The van der Waals surface area contributed by atoms with Gasteiger partial charge in [-0.15, -0.1) is 0 Å². The summed E-state index contributed by atoms with van der Waals surface area (Å²) in [6.07, 6.45) is 2.89. The molecule has 1 aromatic rings. The van der Waals surface area contributed by atoms with Crippen molar-refractivity contribution in [3.8, 4) is 0 Å². The molecule has 106 valence electrons. The minimum Gasteiger partial charge on any atom is -0.465 e. The normalized spacial score (nSPS) is 18.6. The lowest BCUT2D eigenvalue weighted by Crippen LogP contribution is -2.27. The molecule has 0 saturated carbocycles. The van der Waals surface area contributed by atoms with Crippen LogP contribution in [-0.2, 0) is 14.3 Å². The molecule has 0 spiro atoms. The van der Waals surface area contributed by atoms with E-state index in [9.17, 15) is 9.59 Å². The van der Waals surface area contributed by atoms with Crippen LogP contribution in [0, 0.1) is 19.8 Å². The first-order chi connectivity index (χ1) is 9.52. The van der Waals surface area contributed by atoms with Gasteiger partial charge in [-0.1, -0.05) is 23.8 Å². The number of benzene rings is 1. The van der Waals surface area contributed by atoms with Crippen LogP contribution < -0.4 is 0 Å². The van der Waals surface area contributed by atoms with Gasteiger partial charge < -0.3 is 4.74 Å². The second-order valence-corrected chi connectivity index (χ2v) is 5.23. The predicted octanol–water partition coefficient (Wildman–Crippen LogP) is 3.23. The number of esters is 1. The van der Waals surface area contributed by atoms with Crippen LogP contribution in [-0.4, -0.2) is 18.4 Å². The molecule has 1 atom stereocenters. The van der Waals surface area contributed by atoms with Crippen LogP contribution in [0.2, 0.25) is 0 Å². The van der Waals surface area contributed by atoms with Crippen LogP contribution >= 0.6 is 0 Å². The molecule has 0 N–H and O–H groups in total. The van der Waals surface area contributed by atoms with Gasteiger partial charge in [0.2, 0.25) is 0 Å². The number of rotatable bonds is 3. The molecule has 0 saturated heterocycles. The quantitative estimate of drug-likeness (QED) is 0.626. The number of hydrogen-bond donors (Lipinski definition) is 0. The molecule has 0 heterocycles. The molecule has 3 heteroatoms. The molecular formula is C17H20O3. The zero-order chi connectivity index (χ0) is 14.7. The Morgan fingerprint density at radius 2 is 2.10 bits per heavy atom. The van der Waals surface area contributed by atoms with Gasteiger partial charge in [0.15, 0.2) is 5.78 Å². The summed E-state index contributed by atoms with van der Waals surface area (Å²) in [4.78, 5) is 23.8. The molecule has 3 nitrogen and oxygen atoms in total. The molecular weight excluding hydrogens is 252 g/mol. The number of aryl methyl sites for hydroxylation is 2. The number of ether oxygens (including phenoxy) is 1. The molecule has 0 fully saturated rings. The highest BCUT2D eigenvalue weighted by molar-refractivity contribution is 6.09. The molecule has 0 aromatic heterocycles. The summed E-state index contributed by atoms with van der Waals surface area (Å²) in [5.74, 6) is -1.15. The molecule has 0 aliphatic heterocycles. The third-order valence-corrected chi connectivity index (χ3v) is 3.66. The van der Waals surface area contributed by atoms with Crippen LogP contribution in [0.25, 0.3) is 5.57 Å². The zero-order valence-electron chi connectivity index (χ0n) is 12.2. The molecule has 1 aromatic carbocycles. The minimum atomic E-state index is -0.621. The number of allylic oxidation sites excluding steroid dienone is 2. The Bertz CT molecular complexity index is 570. The highest BCUT2D eigenvalue weighted by Crippen LogP contribution is 2.31. The van der Waals surface area contributed by atoms with Crippen LogP contribution in [0.15, 0.2) is 24.3 Å². The van der Waals surface area contributed by atoms with E-state index < -0.39 is 11.9 Å². The van der Waals surface area contributed by atoms with Crippen molar-refractivity contribution in [2.75, 3.05) is 6.61 Å². The first-order valence-corrected chi connectivity index (χ1v) is 7.01. The monoisotopic (exact) mass is 272 g/mol. The third kappa shape index (κ3) is 2.98. The van der Waals surface area contributed by atoms with Crippen LogP contribution in [0.4, 0.5) is 0 Å². The number of carbonyl (C=O) groups excluding carboxylic acids is 2. The van der Waals surface area contributed by atoms with Crippen molar-refractivity contribution in [1.82, 2.24) is 0 Å². The van der Waals surface area contributed by atoms with Gasteiger partial charge in [-0.05, 0) is 56.4 Å². The lowest BCUT2D eigenvalue weighted by Gasteiger charge is -2.20. The molecule has 1 unspecified atom stereocenters. The zero-order valence-corrected chi connectivity index (χ0v) is 12.2. The number of carbonyl (C=O) groups is 2. The summed E-state index contributed by atoms with van der Waals surface area (Å²) in [5.41, 5.74) is 4.50. The Labute approximate surface area is 119 Å². The van der Waals surface area contributed by atoms with E-state index in [1.165, 1.54) is 11.1 Å². The first kappa shape index (κ1) is 14.5. The van der Waals surface area contributed by atoms with E-state index in [2.05, 4.69) is 12.1 Å². The molecule has 20 heavy (non-hydrogen) atoms. The van der Waals surface area contributed by atoms with Crippen molar-refractivity contribution >= 4 is 17.3 Å². The summed E-state index contributed by atoms with van der Waals surface area (Å²) >= 11 is 0. The van der Waals surface area contributed by atoms with E-state index in [1.54, 1.807) is 13.0 Å². The molecule has 0 amide bonds. The largest absolute Gasteiger partial charge is 0.465 e. The summed E-state index contributed by atoms with van der Waals surface area (Å²) in [6, 6.07) is 6.21.